The van der Waals surface area contributed by atoms with Gasteiger partial charge >= 0.3 is 5.97 Å². The van der Waals surface area contributed by atoms with E-state index in [0.717, 1.165) is 0 Å². The van der Waals surface area contributed by atoms with E-state index in [-0.39, 0.29) is 5.69 Å². The Kier molecular flexibility index (Phi) is 1.86. The minimum Gasteiger partial charge on any atom is -0.478 e. The van der Waals surface area contributed by atoms with Gasteiger partial charge in [0.15, 0.2) is 0 Å². The second-order valence-corrected chi connectivity index (χ2v) is 2.67. The number of rotatable bonds is 2. The molecule has 2 rings (SSSR count). The molecule has 3 N–H and O–H groups in total. The lowest BCUT2D eigenvalue weighted by Gasteiger charge is -2.17. The molecule has 0 saturated carbocycles. The van der Waals surface area contributed by atoms with Crippen LogP contribution in [0.1, 0.15) is 5.69 Å². The van der Waals surface area contributed by atoms with E-state index < -0.39 is 11.6 Å². The Morgan fingerprint density at radius 3 is 2.86 bits per heavy atom. The van der Waals surface area contributed by atoms with E-state index in [0.29, 0.717) is 0 Å². The molecule has 0 amide bonds. The quantitative estimate of drug-likeness (QED) is 0.603. The number of carboxylic acid groups (broad SMARTS) is 1. The van der Waals surface area contributed by atoms with Gasteiger partial charge in [0.25, 0.3) is 5.66 Å². The average molecular weight is 193 g/mol. The number of hydrazine groups is 1. The summed E-state index contributed by atoms with van der Waals surface area (Å²) in [6.07, 6.45) is 1.50. The molecular formula is C7H7N5O2. The smallest absolute Gasteiger partial charge is 0.357 e. The number of nitrogens with one attached hydrogen (secondary N) is 2. The monoisotopic (exact) mass is 193 g/mol. The molecule has 72 valence electrons. The predicted molar refractivity (Wildman–Crippen MR) is 44.7 cm³/mol. The lowest BCUT2D eigenvalue weighted by molar-refractivity contribution is -0.145. The van der Waals surface area contributed by atoms with E-state index in [1.165, 1.54) is 6.20 Å². The summed E-state index contributed by atoms with van der Waals surface area (Å²) in [5.74, 6) is -1.16. The van der Waals surface area contributed by atoms with Gasteiger partial charge in [-0.15, -0.1) is 5.11 Å². The van der Waals surface area contributed by atoms with Crippen molar-refractivity contribution in [3.05, 3.63) is 30.1 Å². The fourth-order valence-electron chi connectivity index (χ4n) is 1.13. The van der Waals surface area contributed by atoms with Crippen molar-refractivity contribution in [1.82, 2.24) is 15.9 Å². The molecule has 0 aromatic carbocycles. The van der Waals surface area contributed by atoms with Crippen molar-refractivity contribution in [1.29, 1.82) is 0 Å². The highest BCUT2D eigenvalue weighted by atomic mass is 16.4. The van der Waals surface area contributed by atoms with Gasteiger partial charge in [0.1, 0.15) is 0 Å². The number of aromatic nitrogens is 1. The van der Waals surface area contributed by atoms with Gasteiger partial charge in [-0.2, -0.15) is 5.43 Å². The molecule has 7 heteroatoms. The van der Waals surface area contributed by atoms with Crippen molar-refractivity contribution in [2.24, 2.45) is 10.3 Å². The molecule has 14 heavy (non-hydrogen) atoms. The Bertz CT molecular complexity index is 379. The van der Waals surface area contributed by atoms with E-state index >= 15 is 0 Å². The zero-order valence-electron chi connectivity index (χ0n) is 7.01. The van der Waals surface area contributed by atoms with Gasteiger partial charge in [-0.3, -0.25) is 4.98 Å². The number of pyridine rings is 1. The highest BCUT2D eigenvalue weighted by Crippen LogP contribution is 2.23. The molecule has 1 aliphatic rings. The van der Waals surface area contributed by atoms with Gasteiger partial charge in [-0.05, 0) is 12.1 Å². The molecule has 0 fully saturated rings. The molecule has 1 atom stereocenters. The van der Waals surface area contributed by atoms with E-state index in [2.05, 4.69) is 26.3 Å². The van der Waals surface area contributed by atoms with Crippen molar-refractivity contribution in [3.63, 3.8) is 0 Å². The standard InChI is InChI=1S/C7H7N5O2/c13-6(14)7(9-11-12-10-7)5-3-1-2-4-8-5/h1-4H,(H,9,12)(H,10,11)(H,13,14). The molecule has 0 aliphatic carbocycles. The number of hydrogen-bond donors (Lipinski definition) is 3. The molecule has 7 nitrogen and oxygen atoms in total. The normalized spacial score (nSPS) is 24.6. The lowest BCUT2D eigenvalue weighted by Crippen LogP contribution is -2.48. The van der Waals surface area contributed by atoms with Crippen molar-refractivity contribution in [3.8, 4) is 0 Å². The molecule has 1 aromatic rings. The van der Waals surface area contributed by atoms with E-state index in [9.17, 15) is 4.79 Å². The fourth-order valence-corrected chi connectivity index (χ4v) is 1.13. The van der Waals surface area contributed by atoms with Gasteiger partial charge in [0, 0.05) is 6.20 Å². The van der Waals surface area contributed by atoms with Gasteiger partial charge in [0.05, 0.1) is 5.69 Å². The zero-order chi connectivity index (χ0) is 10.0. The first-order valence-corrected chi connectivity index (χ1v) is 3.85. The molecule has 1 unspecified atom stereocenters. The molecule has 0 saturated heterocycles. The van der Waals surface area contributed by atoms with Gasteiger partial charge < -0.3 is 5.11 Å². The van der Waals surface area contributed by atoms with Crippen LogP contribution in [0.15, 0.2) is 34.7 Å². The summed E-state index contributed by atoms with van der Waals surface area (Å²) >= 11 is 0. The summed E-state index contributed by atoms with van der Waals surface area (Å²) in [6.45, 7) is 0. The Labute approximate surface area is 78.8 Å². The van der Waals surface area contributed by atoms with Crippen LogP contribution in [0, 0.1) is 0 Å². The van der Waals surface area contributed by atoms with Crippen LogP contribution < -0.4 is 11.0 Å². The third-order valence-corrected chi connectivity index (χ3v) is 1.83. The van der Waals surface area contributed by atoms with Crippen LogP contribution in [0.4, 0.5) is 0 Å². The van der Waals surface area contributed by atoms with Crippen LogP contribution >= 0.6 is 0 Å². The number of hydrogen-bond acceptors (Lipinski definition) is 6. The molecule has 2 heterocycles. The highest BCUT2D eigenvalue weighted by Gasteiger charge is 2.45. The third-order valence-electron chi connectivity index (χ3n) is 1.83. The van der Waals surface area contributed by atoms with E-state index in [4.69, 9.17) is 5.11 Å². The fraction of sp³-hybridized carbons (Fsp3) is 0.143. The topological polar surface area (TPSA) is 99.0 Å². The third kappa shape index (κ3) is 1.11. The van der Waals surface area contributed by atoms with Gasteiger partial charge in [-0.25, -0.2) is 10.3 Å². The number of nitrogens with zero attached hydrogens (tertiary/aromatic N) is 3. The second kappa shape index (κ2) is 3.04. The molecular weight excluding hydrogens is 186 g/mol. The van der Waals surface area contributed by atoms with Gasteiger partial charge in [0.2, 0.25) is 0 Å². The highest BCUT2D eigenvalue weighted by molar-refractivity contribution is 5.79. The Morgan fingerprint density at radius 1 is 1.50 bits per heavy atom. The Balaban J connectivity index is 2.47. The van der Waals surface area contributed by atoms with Crippen LogP contribution in [-0.2, 0) is 10.5 Å². The van der Waals surface area contributed by atoms with Crippen molar-refractivity contribution >= 4 is 5.97 Å². The van der Waals surface area contributed by atoms with Crippen LogP contribution in [0.3, 0.4) is 0 Å². The first kappa shape index (κ1) is 8.57. The zero-order valence-corrected chi connectivity index (χ0v) is 7.01. The maximum absolute atomic E-state index is 11.0. The first-order valence-electron chi connectivity index (χ1n) is 3.85. The van der Waals surface area contributed by atoms with Crippen LogP contribution in [-0.4, -0.2) is 16.1 Å². The average Bonchev–Trinajstić information content (AvgIpc) is 2.69. The largest absolute Gasteiger partial charge is 0.478 e. The summed E-state index contributed by atoms with van der Waals surface area (Å²) in [5.41, 5.74) is 3.39. The van der Waals surface area contributed by atoms with Crippen LogP contribution in [0.5, 0.6) is 0 Å². The molecule has 0 spiro atoms. The number of carboxylic acids is 1. The molecule has 1 aliphatic heterocycles. The van der Waals surface area contributed by atoms with Crippen LogP contribution in [0.2, 0.25) is 0 Å². The summed E-state index contributed by atoms with van der Waals surface area (Å²) in [7, 11) is 0. The van der Waals surface area contributed by atoms with Crippen molar-refractivity contribution < 1.29 is 9.90 Å². The van der Waals surface area contributed by atoms with Crippen molar-refractivity contribution in [2.45, 2.75) is 5.66 Å². The summed E-state index contributed by atoms with van der Waals surface area (Å²) in [5, 5.41) is 16.0. The lowest BCUT2D eigenvalue weighted by atomic mass is 10.1. The number of aliphatic carboxylic acids is 1. The second-order valence-electron chi connectivity index (χ2n) is 2.67. The predicted octanol–water partition coefficient (Wildman–Crippen LogP) is -0.206. The van der Waals surface area contributed by atoms with E-state index in [1.54, 1.807) is 18.2 Å². The molecule has 1 aromatic heterocycles. The SMILES string of the molecule is O=C(O)C1(c2ccccn2)N=NNN1. The minimum atomic E-state index is -1.61. The Hall–Kier alpha value is -2.02. The first-order chi connectivity index (χ1) is 6.76. The molecule has 0 bridgehead atoms. The maximum Gasteiger partial charge on any atom is 0.357 e. The Morgan fingerprint density at radius 2 is 2.36 bits per heavy atom. The summed E-state index contributed by atoms with van der Waals surface area (Å²) in [6, 6.07) is 4.94. The summed E-state index contributed by atoms with van der Waals surface area (Å²) in [4.78, 5) is 14.9. The maximum atomic E-state index is 11.0. The van der Waals surface area contributed by atoms with Gasteiger partial charge in [-0.1, -0.05) is 11.3 Å². The van der Waals surface area contributed by atoms with Crippen LogP contribution in [0.25, 0.3) is 0 Å². The number of carbonyl (C=O) groups is 1. The molecule has 0 radical (unpaired) electrons. The van der Waals surface area contributed by atoms with E-state index in [1.807, 2.05) is 0 Å². The van der Waals surface area contributed by atoms with Crippen molar-refractivity contribution in [2.75, 3.05) is 0 Å². The minimum absolute atomic E-state index is 0.279. The summed E-state index contributed by atoms with van der Waals surface area (Å²) < 4.78 is 0.